The number of thioether (sulfide) groups is 1. The standard InChI is InChI=1S/C16H16N2S/c1-18-11-12-19-16(18)17-15-9-7-14(8-10-15)13-5-3-2-4-6-13/h2-10H,11-12H2,1H3. The summed E-state index contributed by atoms with van der Waals surface area (Å²) in [6, 6.07) is 18.9. The van der Waals surface area contributed by atoms with Gasteiger partial charge in [0.1, 0.15) is 0 Å². The molecule has 1 saturated heterocycles. The van der Waals surface area contributed by atoms with E-state index in [1.54, 1.807) is 0 Å². The normalized spacial score (nSPS) is 17.1. The van der Waals surface area contributed by atoms with Gasteiger partial charge in [-0.25, -0.2) is 4.99 Å². The first kappa shape index (κ1) is 12.3. The van der Waals surface area contributed by atoms with E-state index in [1.807, 2.05) is 17.8 Å². The first-order valence-electron chi connectivity index (χ1n) is 6.41. The minimum atomic E-state index is 1.02. The molecule has 1 aliphatic rings. The third kappa shape index (κ3) is 2.82. The maximum atomic E-state index is 4.68. The van der Waals surface area contributed by atoms with Crippen molar-refractivity contribution in [1.29, 1.82) is 0 Å². The molecule has 0 N–H and O–H groups in total. The first-order chi connectivity index (χ1) is 9.33. The molecule has 3 rings (SSSR count). The van der Waals surface area contributed by atoms with Crippen LogP contribution in [0.25, 0.3) is 11.1 Å². The van der Waals surface area contributed by atoms with E-state index in [9.17, 15) is 0 Å². The predicted molar refractivity (Wildman–Crippen MR) is 84.1 cm³/mol. The largest absolute Gasteiger partial charge is 0.353 e. The molecule has 0 aliphatic carbocycles. The van der Waals surface area contributed by atoms with Crippen LogP contribution in [0.1, 0.15) is 0 Å². The van der Waals surface area contributed by atoms with Crippen molar-refractivity contribution in [2.75, 3.05) is 19.3 Å². The van der Waals surface area contributed by atoms with Crippen molar-refractivity contribution in [1.82, 2.24) is 4.90 Å². The highest BCUT2D eigenvalue weighted by Crippen LogP contribution is 2.25. The Bertz CT molecular complexity index is 575. The van der Waals surface area contributed by atoms with E-state index in [0.717, 1.165) is 23.2 Å². The molecule has 1 fully saturated rings. The molecule has 0 bridgehead atoms. The van der Waals surface area contributed by atoms with E-state index >= 15 is 0 Å². The Balaban J connectivity index is 1.83. The minimum Gasteiger partial charge on any atom is -0.353 e. The van der Waals surface area contributed by atoms with Crippen LogP contribution in [0.2, 0.25) is 0 Å². The highest BCUT2D eigenvalue weighted by atomic mass is 32.2. The van der Waals surface area contributed by atoms with Crippen LogP contribution in [0, 0.1) is 0 Å². The molecule has 1 aliphatic heterocycles. The number of aliphatic imine (C=N–C) groups is 1. The second kappa shape index (κ2) is 5.49. The summed E-state index contributed by atoms with van der Waals surface area (Å²) < 4.78 is 0. The van der Waals surface area contributed by atoms with Gasteiger partial charge in [0.05, 0.1) is 5.69 Å². The maximum absolute atomic E-state index is 4.68. The van der Waals surface area contributed by atoms with E-state index in [1.165, 1.54) is 11.1 Å². The van der Waals surface area contributed by atoms with Crippen molar-refractivity contribution in [3.8, 4) is 11.1 Å². The summed E-state index contributed by atoms with van der Waals surface area (Å²) >= 11 is 1.82. The third-order valence-electron chi connectivity index (χ3n) is 3.18. The van der Waals surface area contributed by atoms with Gasteiger partial charge in [-0.1, -0.05) is 54.2 Å². The molecule has 0 atom stereocenters. The van der Waals surface area contributed by atoms with Crippen molar-refractivity contribution >= 4 is 22.6 Å². The number of nitrogens with zero attached hydrogens (tertiary/aromatic N) is 2. The van der Waals surface area contributed by atoms with Crippen molar-refractivity contribution in [3.05, 3.63) is 54.6 Å². The fourth-order valence-electron chi connectivity index (χ4n) is 2.07. The van der Waals surface area contributed by atoms with Crippen LogP contribution in [-0.2, 0) is 0 Å². The lowest BCUT2D eigenvalue weighted by molar-refractivity contribution is 0.563. The molecule has 2 aromatic carbocycles. The summed E-state index contributed by atoms with van der Waals surface area (Å²) in [5.41, 5.74) is 3.50. The van der Waals surface area contributed by atoms with E-state index in [-0.39, 0.29) is 0 Å². The monoisotopic (exact) mass is 268 g/mol. The van der Waals surface area contributed by atoms with Gasteiger partial charge in [-0.2, -0.15) is 0 Å². The van der Waals surface area contributed by atoms with Crippen LogP contribution >= 0.6 is 11.8 Å². The van der Waals surface area contributed by atoms with E-state index in [2.05, 4.69) is 65.5 Å². The van der Waals surface area contributed by atoms with Gasteiger partial charge in [0.15, 0.2) is 5.17 Å². The number of benzene rings is 2. The first-order valence-corrected chi connectivity index (χ1v) is 7.39. The van der Waals surface area contributed by atoms with Crippen molar-refractivity contribution in [2.24, 2.45) is 4.99 Å². The molecule has 0 spiro atoms. The Kier molecular flexibility index (Phi) is 3.56. The van der Waals surface area contributed by atoms with Gasteiger partial charge in [0.2, 0.25) is 0 Å². The van der Waals surface area contributed by atoms with Crippen LogP contribution in [0.3, 0.4) is 0 Å². The molecule has 0 aromatic heterocycles. The quantitative estimate of drug-likeness (QED) is 0.817. The maximum Gasteiger partial charge on any atom is 0.164 e. The van der Waals surface area contributed by atoms with Gasteiger partial charge in [0, 0.05) is 19.3 Å². The number of amidine groups is 1. The third-order valence-corrected chi connectivity index (χ3v) is 4.23. The Morgan fingerprint density at radius 1 is 0.947 bits per heavy atom. The molecular weight excluding hydrogens is 252 g/mol. The van der Waals surface area contributed by atoms with Crippen molar-refractivity contribution < 1.29 is 0 Å². The summed E-state index contributed by atoms with van der Waals surface area (Å²) in [7, 11) is 2.09. The Morgan fingerprint density at radius 3 is 2.26 bits per heavy atom. The predicted octanol–water partition coefficient (Wildman–Crippen LogP) is 4.02. The lowest BCUT2D eigenvalue weighted by atomic mass is 10.1. The molecule has 0 saturated carbocycles. The van der Waals surface area contributed by atoms with Gasteiger partial charge in [0.25, 0.3) is 0 Å². The van der Waals surface area contributed by atoms with Crippen LogP contribution < -0.4 is 0 Å². The van der Waals surface area contributed by atoms with E-state index < -0.39 is 0 Å². The highest BCUT2D eigenvalue weighted by molar-refractivity contribution is 8.14. The Labute approximate surface area is 118 Å². The average Bonchev–Trinajstić information content (AvgIpc) is 2.86. The molecule has 0 radical (unpaired) electrons. The van der Waals surface area contributed by atoms with Crippen LogP contribution in [0.5, 0.6) is 0 Å². The summed E-state index contributed by atoms with van der Waals surface area (Å²) in [6.45, 7) is 1.09. The number of rotatable bonds is 2. The highest BCUT2D eigenvalue weighted by Gasteiger charge is 2.14. The molecule has 0 amide bonds. The molecule has 19 heavy (non-hydrogen) atoms. The van der Waals surface area contributed by atoms with Gasteiger partial charge in [-0.05, 0) is 23.3 Å². The summed E-state index contributed by atoms with van der Waals surface area (Å²) in [5, 5.41) is 1.12. The van der Waals surface area contributed by atoms with Gasteiger partial charge < -0.3 is 4.90 Å². The van der Waals surface area contributed by atoms with Crippen LogP contribution in [-0.4, -0.2) is 29.4 Å². The van der Waals surface area contributed by atoms with E-state index in [4.69, 9.17) is 0 Å². The topological polar surface area (TPSA) is 15.6 Å². The fraction of sp³-hybridized carbons (Fsp3) is 0.188. The van der Waals surface area contributed by atoms with Gasteiger partial charge in [-0.15, -0.1) is 0 Å². The lowest BCUT2D eigenvalue weighted by Gasteiger charge is -2.09. The Hall–Kier alpha value is -1.74. The van der Waals surface area contributed by atoms with E-state index in [0.29, 0.717) is 0 Å². The minimum absolute atomic E-state index is 1.02. The smallest absolute Gasteiger partial charge is 0.164 e. The fourth-order valence-corrected chi connectivity index (χ4v) is 3.10. The number of hydrogen-bond acceptors (Lipinski definition) is 2. The second-order valence-corrected chi connectivity index (χ2v) is 5.64. The molecule has 2 aromatic rings. The lowest BCUT2D eigenvalue weighted by Crippen LogP contribution is -2.17. The van der Waals surface area contributed by atoms with Crippen molar-refractivity contribution in [3.63, 3.8) is 0 Å². The van der Waals surface area contributed by atoms with Gasteiger partial charge in [-0.3, -0.25) is 0 Å². The molecule has 3 heteroatoms. The van der Waals surface area contributed by atoms with Crippen molar-refractivity contribution in [2.45, 2.75) is 0 Å². The number of hydrogen-bond donors (Lipinski definition) is 0. The zero-order chi connectivity index (χ0) is 13.1. The van der Waals surface area contributed by atoms with Crippen LogP contribution in [0.15, 0.2) is 59.6 Å². The molecule has 96 valence electrons. The summed E-state index contributed by atoms with van der Waals surface area (Å²) in [4.78, 5) is 6.88. The SMILES string of the molecule is CN1CCSC1=Nc1ccc(-c2ccccc2)cc1. The molecule has 1 heterocycles. The average molecular weight is 268 g/mol. The zero-order valence-electron chi connectivity index (χ0n) is 10.9. The van der Waals surface area contributed by atoms with Gasteiger partial charge >= 0.3 is 0 Å². The second-order valence-electron chi connectivity index (χ2n) is 4.58. The summed E-state index contributed by atoms with van der Waals surface area (Å²) in [5.74, 6) is 1.14. The summed E-state index contributed by atoms with van der Waals surface area (Å²) in [6.07, 6.45) is 0. The Morgan fingerprint density at radius 2 is 1.63 bits per heavy atom. The van der Waals surface area contributed by atoms with Crippen LogP contribution in [0.4, 0.5) is 5.69 Å². The molecular formula is C16H16N2S. The molecule has 0 unspecified atom stereocenters. The zero-order valence-corrected chi connectivity index (χ0v) is 11.7. The molecule has 2 nitrogen and oxygen atoms in total.